The second-order valence-electron chi connectivity index (χ2n) is 8.14. The summed E-state index contributed by atoms with van der Waals surface area (Å²) in [6.07, 6.45) is 1.38. The van der Waals surface area contributed by atoms with Crippen LogP contribution in [-0.4, -0.2) is 58.6 Å². The SMILES string of the molecule is Cc1ccc([C@@H](CN2CCOCC2)NS(=O)(=O)c2ccc(N3CCCC3=O)cc2)cc1. The molecule has 7 nitrogen and oxygen atoms in total. The minimum Gasteiger partial charge on any atom is -0.379 e. The van der Waals surface area contributed by atoms with Crippen LogP contribution in [0.5, 0.6) is 0 Å². The monoisotopic (exact) mass is 443 g/mol. The van der Waals surface area contributed by atoms with Gasteiger partial charge in [-0.1, -0.05) is 29.8 Å². The van der Waals surface area contributed by atoms with Crippen molar-refractivity contribution < 1.29 is 17.9 Å². The molecule has 1 N–H and O–H groups in total. The Morgan fingerprint density at radius 3 is 2.29 bits per heavy atom. The van der Waals surface area contributed by atoms with Crippen LogP contribution in [0.2, 0.25) is 0 Å². The molecule has 2 fully saturated rings. The van der Waals surface area contributed by atoms with Crippen molar-refractivity contribution in [1.29, 1.82) is 0 Å². The minimum atomic E-state index is -3.73. The van der Waals surface area contributed by atoms with E-state index in [4.69, 9.17) is 4.74 Å². The molecule has 2 saturated heterocycles. The first-order valence-electron chi connectivity index (χ1n) is 10.7. The zero-order valence-electron chi connectivity index (χ0n) is 17.8. The highest BCUT2D eigenvalue weighted by Gasteiger charge is 2.26. The highest BCUT2D eigenvalue weighted by atomic mass is 32.2. The van der Waals surface area contributed by atoms with Gasteiger partial charge in [0.15, 0.2) is 0 Å². The fraction of sp³-hybridized carbons (Fsp3) is 0.435. The third-order valence-corrected chi connectivity index (χ3v) is 7.34. The number of carbonyl (C=O) groups excluding carboxylic acids is 1. The van der Waals surface area contributed by atoms with Gasteiger partial charge in [-0.05, 0) is 43.2 Å². The number of amides is 1. The summed E-state index contributed by atoms with van der Waals surface area (Å²) in [6, 6.07) is 14.1. The van der Waals surface area contributed by atoms with E-state index in [1.54, 1.807) is 29.2 Å². The number of hydrogen-bond donors (Lipinski definition) is 1. The van der Waals surface area contributed by atoms with E-state index in [0.717, 1.165) is 36.3 Å². The van der Waals surface area contributed by atoms with Crippen molar-refractivity contribution >= 4 is 21.6 Å². The summed E-state index contributed by atoms with van der Waals surface area (Å²) in [7, 11) is -3.73. The number of carbonyl (C=O) groups is 1. The lowest BCUT2D eigenvalue weighted by molar-refractivity contribution is -0.117. The van der Waals surface area contributed by atoms with Crippen molar-refractivity contribution in [1.82, 2.24) is 9.62 Å². The molecule has 2 aromatic carbocycles. The Kier molecular flexibility index (Phi) is 6.71. The van der Waals surface area contributed by atoms with Gasteiger partial charge in [0.25, 0.3) is 0 Å². The van der Waals surface area contributed by atoms with Gasteiger partial charge < -0.3 is 9.64 Å². The first kappa shape index (κ1) is 22.0. The molecule has 0 bridgehead atoms. The third-order valence-electron chi connectivity index (χ3n) is 5.85. The summed E-state index contributed by atoms with van der Waals surface area (Å²) >= 11 is 0. The highest BCUT2D eigenvalue weighted by molar-refractivity contribution is 7.89. The van der Waals surface area contributed by atoms with Crippen LogP contribution in [0.3, 0.4) is 0 Å². The normalized spacial score (nSPS) is 19.0. The van der Waals surface area contributed by atoms with Gasteiger partial charge in [-0.3, -0.25) is 9.69 Å². The second kappa shape index (κ2) is 9.48. The number of anilines is 1. The molecular formula is C23H29N3O4S. The number of nitrogens with one attached hydrogen (secondary N) is 1. The van der Waals surface area contributed by atoms with E-state index >= 15 is 0 Å². The van der Waals surface area contributed by atoms with Crippen LogP contribution in [0, 0.1) is 6.92 Å². The molecule has 0 aromatic heterocycles. The zero-order valence-corrected chi connectivity index (χ0v) is 18.6. The summed E-state index contributed by atoms with van der Waals surface area (Å²) in [5.74, 6) is 0.0821. The number of morpholine rings is 1. The standard InChI is InChI=1S/C23H29N3O4S/c1-18-4-6-19(7-5-18)22(17-25-13-15-30-16-14-25)24-31(28,29)21-10-8-20(9-11-21)26-12-2-3-23(26)27/h4-11,22,24H,2-3,12-17H2,1H3/t22-/m1/s1. The van der Waals surface area contributed by atoms with Gasteiger partial charge in [0.1, 0.15) is 0 Å². The van der Waals surface area contributed by atoms with Crippen molar-refractivity contribution in [2.24, 2.45) is 0 Å². The van der Waals surface area contributed by atoms with Gasteiger partial charge in [0.05, 0.1) is 24.2 Å². The predicted octanol–water partition coefficient (Wildman–Crippen LogP) is 2.47. The molecule has 4 rings (SSSR count). The van der Waals surface area contributed by atoms with Crippen molar-refractivity contribution in [2.75, 3.05) is 44.3 Å². The summed E-state index contributed by atoms with van der Waals surface area (Å²) in [5, 5.41) is 0. The van der Waals surface area contributed by atoms with E-state index < -0.39 is 10.0 Å². The molecule has 2 heterocycles. The van der Waals surface area contributed by atoms with E-state index in [2.05, 4.69) is 9.62 Å². The van der Waals surface area contributed by atoms with E-state index in [0.29, 0.717) is 32.7 Å². The lowest BCUT2D eigenvalue weighted by Crippen LogP contribution is -2.43. The van der Waals surface area contributed by atoms with E-state index in [1.807, 2.05) is 31.2 Å². The first-order chi connectivity index (χ1) is 14.9. The minimum absolute atomic E-state index is 0.0821. The van der Waals surface area contributed by atoms with Crippen LogP contribution in [-0.2, 0) is 19.6 Å². The van der Waals surface area contributed by atoms with Crippen LogP contribution < -0.4 is 9.62 Å². The molecule has 2 aliphatic rings. The molecule has 166 valence electrons. The maximum Gasteiger partial charge on any atom is 0.241 e. The number of aryl methyl sites for hydroxylation is 1. The summed E-state index contributed by atoms with van der Waals surface area (Å²) < 4.78 is 34.7. The molecule has 2 aliphatic heterocycles. The number of nitrogens with zero attached hydrogens (tertiary/aromatic N) is 2. The molecule has 0 radical (unpaired) electrons. The largest absolute Gasteiger partial charge is 0.379 e. The number of benzene rings is 2. The molecule has 0 aliphatic carbocycles. The topological polar surface area (TPSA) is 79.0 Å². The van der Waals surface area contributed by atoms with Gasteiger partial charge >= 0.3 is 0 Å². The molecule has 1 atom stereocenters. The number of ether oxygens (including phenoxy) is 1. The van der Waals surface area contributed by atoms with Crippen LogP contribution in [0.25, 0.3) is 0 Å². The Labute approximate surface area is 184 Å². The molecule has 0 spiro atoms. The number of sulfonamides is 1. The van der Waals surface area contributed by atoms with Crippen molar-refractivity contribution in [2.45, 2.75) is 30.7 Å². The van der Waals surface area contributed by atoms with Gasteiger partial charge in [-0.25, -0.2) is 13.1 Å². The molecule has 0 saturated carbocycles. The lowest BCUT2D eigenvalue weighted by Gasteiger charge is -2.31. The fourth-order valence-corrected chi connectivity index (χ4v) is 5.25. The highest BCUT2D eigenvalue weighted by Crippen LogP contribution is 2.24. The van der Waals surface area contributed by atoms with E-state index in [9.17, 15) is 13.2 Å². The summed E-state index contributed by atoms with van der Waals surface area (Å²) in [6.45, 7) is 6.14. The fourth-order valence-electron chi connectivity index (χ4n) is 4.03. The second-order valence-corrected chi connectivity index (χ2v) is 9.85. The Morgan fingerprint density at radius 1 is 1.00 bits per heavy atom. The molecule has 1 amide bonds. The zero-order chi connectivity index (χ0) is 21.8. The number of hydrogen-bond acceptors (Lipinski definition) is 5. The van der Waals surface area contributed by atoms with Crippen LogP contribution >= 0.6 is 0 Å². The van der Waals surface area contributed by atoms with Crippen molar-refractivity contribution in [3.8, 4) is 0 Å². The Balaban J connectivity index is 1.54. The van der Waals surface area contributed by atoms with Crippen LogP contribution in [0.15, 0.2) is 53.4 Å². The van der Waals surface area contributed by atoms with Crippen molar-refractivity contribution in [3.05, 3.63) is 59.7 Å². The summed E-state index contributed by atoms with van der Waals surface area (Å²) in [4.78, 5) is 16.1. The molecule has 31 heavy (non-hydrogen) atoms. The molecular weight excluding hydrogens is 414 g/mol. The first-order valence-corrected chi connectivity index (χ1v) is 12.2. The molecule has 8 heteroatoms. The van der Waals surface area contributed by atoms with Gasteiger partial charge in [-0.2, -0.15) is 0 Å². The van der Waals surface area contributed by atoms with Crippen LogP contribution in [0.4, 0.5) is 5.69 Å². The van der Waals surface area contributed by atoms with Gasteiger partial charge in [0.2, 0.25) is 15.9 Å². The maximum atomic E-state index is 13.2. The average molecular weight is 444 g/mol. The van der Waals surface area contributed by atoms with Crippen molar-refractivity contribution in [3.63, 3.8) is 0 Å². The smallest absolute Gasteiger partial charge is 0.241 e. The van der Waals surface area contributed by atoms with Gasteiger partial charge in [-0.15, -0.1) is 0 Å². The Hall–Kier alpha value is -2.26. The number of rotatable bonds is 7. The average Bonchev–Trinajstić information content (AvgIpc) is 3.20. The molecule has 2 aromatic rings. The maximum absolute atomic E-state index is 13.2. The van der Waals surface area contributed by atoms with Gasteiger partial charge in [0, 0.05) is 38.3 Å². The Bertz CT molecular complexity index is 1000. The van der Waals surface area contributed by atoms with Crippen LogP contribution in [0.1, 0.15) is 30.0 Å². The van der Waals surface area contributed by atoms with E-state index in [1.165, 1.54) is 0 Å². The Morgan fingerprint density at radius 2 is 1.68 bits per heavy atom. The summed E-state index contributed by atoms with van der Waals surface area (Å²) in [5.41, 5.74) is 2.80. The predicted molar refractivity (Wildman–Crippen MR) is 120 cm³/mol. The quantitative estimate of drug-likeness (QED) is 0.711. The third kappa shape index (κ3) is 5.33. The van der Waals surface area contributed by atoms with E-state index in [-0.39, 0.29) is 16.8 Å². The molecule has 0 unspecified atom stereocenters. The lowest BCUT2D eigenvalue weighted by atomic mass is 10.1.